The van der Waals surface area contributed by atoms with Crippen molar-refractivity contribution in [1.29, 1.82) is 0 Å². The fraction of sp³-hybridized carbons (Fsp3) is 0.265. The van der Waals surface area contributed by atoms with Crippen LogP contribution in [0.1, 0.15) is 21.5 Å². The Morgan fingerprint density at radius 1 is 0.913 bits per heavy atom. The number of hydrogen-bond donors (Lipinski definition) is 2. The second-order valence-corrected chi connectivity index (χ2v) is 11.5. The number of carbonyl (C=O) groups is 1. The van der Waals surface area contributed by atoms with Gasteiger partial charge in [-0.2, -0.15) is 0 Å². The van der Waals surface area contributed by atoms with Crippen LogP contribution in [-0.2, 0) is 13.6 Å². The van der Waals surface area contributed by atoms with Crippen molar-refractivity contribution in [2.45, 2.75) is 19.8 Å². The highest BCUT2D eigenvalue weighted by molar-refractivity contribution is 6.05. The zero-order chi connectivity index (χ0) is 32.4. The molecule has 1 saturated heterocycles. The van der Waals surface area contributed by atoms with E-state index in [-0.39, 0.29) is 11.7 Å². The van der Waals surface area contributed by atoms with Crippen LogP contribution in [0.2, 0.25) is 0 Å². The number of nitrogens with one attached hydrogen (secondary N) is 2. The van der Waals surface area contributed by atoms with Crippen molar-refractivity contribution in [1.82, 2.24) is 24.3 Å². The number of carbonyl (C=O) groups excluding carboxylic acids is 1. The molecule has 1 amide bonds. The molecule has 0 saturated carbocycles. The fourth-order valence-corrected chi connectivity index (χ4v) is 5.46. The number of rotatable bonds is 8. The molecule has 0 aliphatic carbocycles. The van der Waals surface area contributed by atoms with Gasteiger partial charge in [0.25, 0.3) is 5.91 Å². The molecular formula is C34H34F3N7O2. The smallest absolute Gasteiger partial charge is 0.406 e. The molecule has 3 aromatic carbocycles. The summed E-state index contributed by atoms with van der Waals surface area (Å²) in [5, 5.41) is 6.25. The van der Waals surface area contributed by atoms with Crippen LogP contribution >= 0.6 is 0 Å². The van der Waals surface area contributed by atoms with E-state index >= 15 is 0 Å². The first-order valence-corrected chi connectivity index (χ1v) is 14.9. The molecule has 12 heteroatoms. The minimum atomic E-state index is -4.77. The number of likely N-dealkylation sites (N-methyl/N-ethyl adjacent to an activating group) is 1. The molecule has 46 heavy (non-hydrogen) atoms. The molecule has 2 aromatic heterocycles. The van der Waals surface area contributed by atoms with Crippen molar-refractivity contribution in [3.63, 3.8) is 0 Å². The SMILES string of the molecule is Cc1ccc(CN2CCN(C)CC2)cc1NC(=O)c1ccc(Nc2nc(-c3ccc(OC(F)(F)F)cc3)c3c(ccn3C)n2)cc1. The van der Waals surface area contributed by atoms with Gasteiger partial charge in [0.1, 0.15) is 11.4 Å². The third kappa shape index (κ3) is 7.30. The Kier molecular flexibility index (Phi) is 8.65. The van der Waals surface area contributed by atoms with Crippen LogP contribution in [0, 0.1) is 6.92 Å². The average Bonchev–Trinajstić information content (AvgIpc) is 3.40. The fourth-order valence-electron chi connectivity index (χ4n) is 5.46. The minimum Gasteiger partial charge on any atom is -0.406 e. The highest BCUT2D eigenvalue weighted by atomic mass is 19.4. The van der Waals surface area contributed by atoms with Crippen LogP contribution in [0.3, 0.4) is 0 Å². The van der Waals surface area contributed by atoms with Gasteiger partial charge in [0.05, 0.1) is 11.0 Å². The number of ether oxygens (including phenoxy) is 1. The maximum absolute atomic E-state index is 13.2. The summed E-state index contributed by atoms with van der Waals surface area (Å²) in [7, 11) is 3.98. The van der Waals surface area contributed by atoms with E-state index in [4.69, 9.17) is 0 Å². The third-order valence-corrected chi connectivity index (χ3v) is 8.04. The number of alkyl halides is 3. The van der Waals surface area contributed by atoms with Gasteiger partial charge in [-0.05, 0) is 85.8 Å². The summed E-state index contributed by atoms with van der Waals surface area (Å²) in [4.78, 5) is 27.2. The van der Waals surface area contributed by atoms with Crippen LogP contribution in [-0.4, -0.2) is 69.8 Å². The number of benzene rings is 3. The van der Waals surface area contributed by atoms with Gasteiger partial charge in [-0.25, -0.2) is 9.97 Å². The molecule has 2 N–H and O–H groups in total. The van der Waals surface area contributed by atoms with Crippen molar-refractivity contribution in [3.8, 4) is 17.0 Å². The molecule has 3 heterocycles. The number of aromatic nitrogens is 3. The first-order valence-electron chi connectivity index (χ1n) is 14.9. The lowest BCUT2D eigenvalue weighted by atomic mass is 10.1. The number of nitrogens with zero attached hydrogens (tertiary/aromatic N) is 5. The number of amides is 1. The molecule has 0 radical (unpaired) electrons. The average molecular weight is 630 g/mol. The van der Waals surface area contributed by atoms with Gasteiger partial charge in [0.2, 0.25) is 5.95 Å². The predicted octanol–water partition coefficient (Wildman–Crippen LogP) is 6.59. The van der Waals surface area contributed by atoms with Gasteiger partial charge in [0, 0.05) is 68.5 Å². The van der Waals surface area contributed by atoms with Gasteiger partial charge in [0.15, 0.2) is 0 Å². The monoisotopic (exact) mass is 629 g/mol. The number of hydrogen-bond acceptors (Lipinski definition) is 7. The van der Waals surface area contributed by atoms with Crippen LogP contribution < -0.4 is 15.4 Å². The zero-order valence-electron chi connectivity index (χ0n) is 25.7. The van der Waals surface area contributed by atoms with Gasteiger partial charge in [-0.1, -0.05) is 12.1 Å². The Hall–Kier alpha value is -4.94. The molecule has 0 bridgehead atoms. The second-order valence-electron chi connectivity index (χ2n) is 11.5. The van der Waals surface area contributed by atoms with Crippen LogP contribution in [0.5, 0.6) is 5.75 Å². The van der Waals surface area contributed by atoms with Gasteiger partial charge in [-0.3, -0.25) is 9.69 Å². The van der Waals surface area contributed by atoms with E-state index in [2.05, 4.69) is 48.3 Å². The molecule has 238 valence electrons. The van der Waals surface area contributed by atoms with Crippen molar-refractivity contribution in [2.75, 3.05) is 43.9 Å². The van der Waals surface area contributed by atoms with E-state index in [1.807, 2.05) is 42.9 Å². The van der Waals surface area contributed by atoms with E-state index in [9.17, 15) is 18.0 Å². The minimum absolute atomic E-state index is 0.214. The molecule has 9 nitrogen and oxygen atoms in total. The van der Waals surface area contributed by atoms with Crippen LogP contribution in [0.25, 0.3) is 22.3 Å². The summed E-state index contributed by atoms with van der Waals surface area (Å²) >= 11 is 0. The van der Waals surface area contributed by atoms with E-state index < -0.39 is 6.36 Å². The molecular weight excluding hydrogens is 595 g/mol. The lowest BCUT2D eigenvalue weighted by molar-refractivity contribution is -0.274. The van der Waals surface area contributed by atoms with Crippen LogP contribution in [0.4, 0.5) is 30.5 Å². The molecule has 5 aromatic rings. The van der Waals surface area contributed by atoms with Crippen LogP contribution in [0.15, 0.2) is 79.0 Å². The third-order valence-electron chi connectivity index (χ3n) is 8.04. The summed E-state index contributed by atoms with van der Waals surface area (Å²) in [5.74, 6) is -0.229. The number of piperazine rings is 1. The Balaban J connectivity index is 1.16. The van der Waals surface area contributed by atoms with E-state index in [0.29, 0.717) is 34.0 Å². The van der Waals surface area contributed by atoms with E-state index in [1.54, 1.807) is 24.3 Å². The number of aryl methyl sites for hydroxylation is 2. The number of fused-ring (bicyclic) bond motifs is 1. The lowest BCUT2D eigenvalue weighted by Gasteiger charge is -2.32. The summed E-state index contributed by atoms with van der Waals surface area (Å²) in [6.07, 6.45) is -2.94. The van der Waals surface area contributed by atoms with Gasteiger partial charge >= 0.3 is 6.36 Å². The Bertz CT molecular complexity index is 1850. The first kappa shape index (κ1) is 31.1. The summed E-state index contributed by atoms with van der Waals surface area (Å²) < 4.78 is 43.8. The standard InChI is InChI=1S/C34H34F3N7O2/c1-22-4-5-23(21-44-18-16-42(2)17-19-44)20-29(22)39-32(45)25-6-10-26(11-7-25)38-33-40-28-14-15-43(3)31(28)30(41-33)24-8-12-27(13-9-24)46-34(35,36)37/h4-15,20H,16-19,21H2,1-3H3,(H,39,45)(H,38,40,41). The normalized spacial score (nSPS) is 14.4. The number of halogens is 3. The summed E-state index contributed by atoms with van der Waals surface area (Å²) in [6.45, 7) is 6.95. The largest absolute Gasteiger partial charge is 0.573 e. The Labute approximate surface area is 264 Å². The van der Waals surface area contributed by atoms with Crippen molar-refractivity contribution in [2.24, 2.45) is 7.05 Å². The van der Waals surface area contributed by atoms with Gasteiger partial charge in [-0.15, -0.1) is 13.2 Å². The molecule has 6 rings (SSSR count). The maximum atomic E-state index is 13.2. The predicted molar refractivity (Wildman–Crippen MR) is 172 cm³/mol. The van der Waals surface area contributed by atoms with Crippen molar-refractivity contribution in [3.05, 3.63) is 95.7 Å². The topological polar surface area (TPSA) is 87.5 Å². The lowest BCUT2D eigenvalue weighted by Crippen LogP contribution is -2.43. The molecule has 0 unspecified atom stereocenters. The van der Waals surface area contributed by atoms with Crippen molar-refractivity contribution >= 4 is 34.3 Å². The maximum Gasteiger partial charge on any atom is 0.573 e. The van der Waals surface area contributed by atoms with E-state index in [1.165, 1.54) is 24.3 Å². The molecule has 1 fully saturated rings. The Morgan fingerprint density at radius 2 is 1.63 bits per heavy atom. The molecule has 0 spiro atoms. The Morgan fingerprint density at radius 3 is 2.33 bits per heavy atom. The quantitative estimate of drug-likeness (QED) is 0.200. The molecule has 0 atom stereocenters. The number of anilines is 3. The van der Waals surface area contributed by atoms with Crippen molar-refractivity contribution < 1.29 is 22.7 Å². The first-order chi connectivity index (χ1) is 22.0. The molecule has 1 aliphatic heterocycles. The summed E-state index contributed by atoms with van der Waals surface area (Å²) in [5.41, 5.74) is 6.62. The van der Waals surface area contributed by atoms with E-state index in [0.717, 1.165) is 55.1 Å². The zero-order valence-corrected chi connectivity index (χ0v) is 25.7. The highest BCUT2D eigenvalue weighted by Gasteiger charge is 2.31. The molecule has 1 aliphatic rings. The second kappa shape index (κ2) is 12.8. The van der Waals surface area contributed by atoms with Gasteiger partial charge < -0.3 is 24.8 Å². The highest BCUT2D eigenvalue weighted by Crippen LogP contribution is 2.31. The summed E-state index contributed by atoms with van der Waals surface area (Å²) in [6, 6.07) is 20.6.